The lowest BCUT2D eigenvalue weighted by molar-refractivity contribution is -0.161. The summed E-state index contributed by atoms with van der Waals surface area (Å²) in [6.07, 6.45) is 13.7. The summed E-state index contributed by atoms with van der Waals surface area (Å²) < 4.78 is 4.84. The number of hydrogen-bond donors (Lipinski definition) is 0. The largest absolute Gasteiger partial charge is 0.469 e. The molecule has 4 heteroatoms. The van der Waals surface area contributed by atoms with Crippen molar-refractivity contribution in [3.63, 3.8) is 0 Å². The van der Waals surface area contributed by atoms with Crippen molar-refractivity contribution < 1.29 is 14.3 Å². The predicted octanol–water partition coefficient (Wildman–Crippen LogP) is 3.93. The second-order valence-corrected chi connectivity index (χ2v) is 9.31. The Bertz CT molecular complexity index is 488. The topological polar surface area (TPSA) is 46.6 Å². The molecule has 4 nitrogen and oxygen atoms in total. The van der Waals surface area contributed by atoms with Crippen molar-refractivity contribution in [3.05, 3.63) is 0 Å². The number of esters is 1. The summed E-state index contributed by atoms with van der Waals surface area (Å²) >= 11 is 0. The van der Waals surface area contributed by atoms with Gasteiger partial charge in [-0.1, -0.05) is 19.3 Å². The Morgan fingerprint density at radius 2 is 1.52 bits per heavy atom. The molecule has 5 aliphatic rings. The monoisotopic (exact) mass is 347 g/mol. The molecule has 0 radical (unpaired) electrons. The van der Waals surface area contributed by atoms with E-state index in [1.165, 1.54) is 45.6 Å². The predicted molar refractivity (Wildman–Crippen MR) is 95.8 cm³/mol. The molecule has 5 fully saturated rings. The van der Waals surface area contributed by atoms with Crippen molar-refractivity contribution in [1.29, 1.82) is 0 Å². The average Bonchev–Trinajstić information content (AvgIpc) is 2.61. The normalized spacial score (nSPS) is 37.1. The summed E-state index contributed by atoms with van der Waals surface area (Å²) in [4.78, 5) is 27.6. The van der Waals surface area contributed by atoms with Gasteiger partial charge in [-0.25, -0.2) is 0 Å². The SMILES string of the molecule is COC(=O)CCN(C(=O)C12CC3CC(CC(C3)C1)C2)C1CCCCC1. The zero-order valence-electron chi connectivity index (χ0n) is 15.7. The van der Waals surface area contributed by atoms with Crippen molar-refractivity contribution in [3.8, 4) is 0 Å². The van der Waals surface area contributed by atoms with E-state index in [1.807, 2.05) is 0 Å². The van der Waals surface area contributed by atoms with Gasteiger partial charge in [0.25, 0.3) is 0 Å². The van der Waals surface area contributed by atoms with E-state index in [2.05, 4.69) is 4.90 Å². The van der Waals surface area contributed by atoms with Crippen molar-refractivity contribution in [1.82, 2.24) is 4.90 Å². The van der Waals surface area contributed by atoms with Crippen molar-refractivity contribution >= 4 is 11.9 Å². The molecule has 0 aromatic carbocycles. The van der Waals surface area contributed by atoms with Gasteiger partial charge in [-0.2, -0.15) is 0 Å². The Balaban J connectivity index is 1.53. The summed E-state index contributed by atoms with van der Waals surface area (Å²) in [7, 11) is 1.44. The minimum Gasteiger partial charge on any atom is -0.469 e. The van der Waals surface area contributed by atoms with Crippen LogP contribution in [0.2, 0.25) is 0 Å². The molecule has 4 bridgehead atoms. The number of hydrogen-bond acceptors (Lipinski definition) is 3. The smallest absolute Gasteiger partial charge is 0.307 e. The van der Waals surface area contributed by atoms with Gasteiger partial charge in [-0.15, -0.1) is 0 Å². The number of methoxy groups -OCH3 is 1. The highest BCUT2D eigenvalue weighted by molar-refractivity contribution is 5.84. The Morgan fingerprint density at radius 1 is 0.960 bits per heavy atom. The van der Waals surface area contributed by atoms with Crippen LogP contribution in [-0.2, 0) is 14.3 Å². The van der Waals surface area contributed by atoms with Gasteiger partial charge >= 0.3 is 5.97 Å². The Hall–Kier alpha value is -1.06. The fraction of sp³-hybridized carbons (Fsp3) is 0.905. The summed E-state index contributed by atoms with van der Waals surface area (Å²) in [6.45, 7) is 0.553. The lowest BCUT2D eigenvalue weighted by Gasteiger charge is -2.57. The third kappa shape index (κ3) is 3.33. The molecule has 0 spiro atoms. The van der Waals surface area contributed by atoms with E-state index >= 15 is 0 Å². The lowest BCUT2D eigenvalue weighted by Crippen LogP contribution is -2.57. The molecule has 1 amide bonds. The van der Waals surface area contributed by atoms with Crippen LogP contribution in [0.1, 0.15) is 77.0 Å². The first-order valence-corrected chi connectivity index (χ1v) is 10.5. The van der Waals surface area contributed by atoms with Gasteiger partial charge in [0.1, 0.15) is 0 Å². The van der Waals surface area contributed by atoms with Crippen molar-refractivity contribution in [2.24, 2.45) is 23.2 Å². The highest BCUT2D eigenvalue weighted by atomic mass is 16.5. The number of nitrogens with zero attached hydrogens (tertiary/aromatic N) is 1. The first-order valence-electron chi connectivity index (χ1n) is 10.5. The lowest BCUT2D eigenvalue weighted by atomic mass is 9.49. The molecule has 0 heterocycles. The molecule has 0 N–H and O–H groups in total. The van der Waals surface area contributed by atoms with E-state index in [0.29, 0.717) is 24.9 Å². The Kier molecular flexibility index (Phi) is 4.81. The molecular weight excluding hydrogens is 314 g/mol. The molecular formula is C21H33NO3. The molecule has 0 aliphatic heterocycles. The highest BCUT2D eigenvalue weighted by Crippen LogP contribution is 2.60. The van der Waals surface area contributed by atoms with Gasteiger partial charge in [0.15, 0.2) is 0 Å². The van der Waals surface area contributed by atoms with Crippen molar-refractivity contribution in [2.45, 2.75) is 83.1 Å². The number of carbonyl (C=O) groups is 2. The van der Waals surface area contributed by atoms with Crippen LogP contribution in [0.25, 0.3) is 0 Å². The van der Waals surface area contributed by atoms with E-state index < -0.39 is 0 Å². The molecule has 0 unspecified atom stereocenters. The van der Waals surface area contributed by atoms with Crippen LogP contribution >= 0.6 is 0 Å². The summed E-state index contributed by atoms with van der Waals surface area (Å²) in [5.74, 6) is 2.54. The maximum Gasteiger partial charge on any atom is 0.307 e. The summed E-state index contributed by atoms with van der Waals surface area (Å²) in [5, 5.41) is 0. The molecule has 0 saturated heterocycles. The molecule has 5 rings (SSSR count). The Morgan fingerprint density at radius 3 is 2.04 bits per heavy atom. The fourth-order valence-electron chi connectivity index (χ4n) is 6.83. The van der Waals surface area contributed by atoms with Gasteiger partial charge in [0.05, 0.1) is 18.9 Å². The van der Waals surface area contributed by atoms with Crippen LogP contribution < -0.4 is 0 Å². The van der Waals surface area contributed by atoms with Crippen LogP contribution in [-0.4, -0.2) is 36.5 Å². The molecule has 140 valence electrons. The number of rotatable bonds is 5. The molecule has 0 aromatic heterocycles. The minimum atomic E-state index is -0.195. The fourth-order valence-corrected chi connectivity index (χ4v) is 6.83. The van der Waals surface area contributed by atoms with Gasteiger partial charge in [-0.3, -0.25) is 9.59 Å². The Labute approximate surface area is 151 Å². The maximum absolute atomic E-state index is 13.8. The quantitative estimate of drug-likeness (QED) is 0.708. The van der Waals surface area contributed by atoms with E-state index in [9.17, 15) is 9.59 Å². The third-order valence-corrected chi connectivity index (χ3v) is 7.55. The first-order chi connectivity index (χ1) is 12.1. The second-order valence-electron chi connectivity index (χ2n) is 9.31. The molecule has 5 saturated carbocycles. The molecule has 0 atom stereocenters. The van der Waals surface area contributed by atoms with Crippen LogP contribution in [0.15, 0.2) is 0 Å². The number of amides is 1. The zero-order chi connectivity index (χ0) is 17.4. The van der Waals surface area contributed by atoms with E-state index in [4.69, 9.17) is 4.74 Å². The molecule has 5 aliphatic carbocycles. The molecule has 25 heavy (non-hydrogen) atoms. The van der Waals surface area contributed by atoms with Gasteiger partial charge < -0.3 is 9.64 Å². The van der Waals surface area contributed by atoms with Gasteiger partial charge in [0, 0.05) is 12.6 Å². The standard InChI is InChI=1S/C21H33NO3/c1-25-19(23)7-8-22(18-5-3-2-4-6-18)20(24)21-12-15-9-16(13-21)11-17(10-15)14-21/h15-18H,2-14H2,1H3. The van der Waals surface area contributed by atoms with E-state index in [-0.39, 0.29) is 11.4 Å². The van der Waals surface area contributed by atoms with Crippen LogP contribution in [0, 0.1) is 23.2 Å². The number of ether oxygens (including phenoxy) is 1. The van der Waals surface area contributed by atoms with Crippen LogP contribution in [0.3, 0.4) is 0 Å². The van der Waals surface area contributed by atoms with E-state index in [0.717, 1.165) is 49.9 Å². The minimum absolute atomic E-state index is 0.0949. The number of carbonyl (C=O) groups excluding carboxylic acids is 2. The second kappa shape index (κ2) is 6.92. The summed E-state index contributed by atoms with van der Waals surface area (Å²) in [6, 6.07) is 0.346. The average molecular weight is 347 g/mol. The zero-order valence-corrected chi connectivity index (χ0v) is 15.7. The van der Waals surface area contributed by atoms with E-state index in [1.54, 1.807) is 0 Å². The first kappa shape index (κ1) is 17.4. The summed E-state index contributed by atoms with van der Waals surface area (Å²) in [5.41, 5.74) is -0.0949. The van der Waals surface area contributed by atoms with Gasteiger partial charge in [-0.05, 0) is 69.1 Å². The van der Waals surface area contributed by atoms with Crippen molar-refractivity contribution in [2.75, 3.05) is 13.7 Å². The van der Waals surface area contributed by atoms with Crippen LogP contribution in [0.4, 0.5) is 0 Å². The third-order valence-electron chi connectivity index (χ3n) is 7.55. The maximum atomic E-state index is 13.8. The van der Waals surface area contributed by atoms with Gasteiger partial charge in [0.2, 0.25) is 5.91 Å². The van der Waals surface area contributed by atoms with Crippen LogP contribution in [0.5, 0.6) is 0 Å². The molecule has 0 aromatic rings. The highest BCUT2D eigenvalue weighted by Gasteiger charge is 2.56.